The van der Waals surface area contributed by atoms with E-state index in [-0.39, 0.29) is 11.7 Å². The van der Waals surface area contributed by atoms with Crippen molar-refractivity contribution in [2.24, 2.45) is 7.05 Å². The van der Waals surface area contributed by atoms with Crippen molar-refractivity contribution in [2.45, 2.75) is 24.7 Å². The fourth-order valence-electron chi connectivity index (χ4n) is 3.42. The quantitative estimate of drug-likeness (QED) is 0.613. The van der Waals surface area contributed by atoms with Crippen LogP contribution < -0.4 is 5.32 Å². The molecule has 148 valence electrons. The molecule has 3 heterocycles. The number of hydrogen-bond acceptors (Lipinski definition) is 6. The Morgan fingerprint density at radius 1 is 1.38 bits per heavy atom. The number of imidazole rings is 1. The molecule has 1 aliphatic heterocycles. The molecule has 3 aromatic rings. The van der Waals surface area contributed by atoms with Crippen molar-refractivity contribution in [3.8, 4) is 6.07 Å². The number of nitrogens with zero attached hydrogens (tertiary/aromatic N) is 4. The van der Waals surface area contributed by atoms with Crippen molar-refractivity contribution in [1.29, 1.82) is 5.26 Å². The van der Waals surface area contributed by atoms with Crippen LogP contribution in [0.5, 0.6) is 0 Å². The minimum Gasteiger partial charge on any atom is -0.329 e. The molecule has 1 aliphatic rings. The number of rotatable bonds is 6. The summed E-state index contributed by atoms with van der Waals surface area (Å²) in [5.41, 5.74) is 3.00. The first kappa shape index (κ1) is 19.7. The maximum atomic E-state index is 12.4. The Hall–Kier alpha value is -2.60. The SMILES string of the molecule is Cn1ccnc1SCC(=O)Nc1sc2c(c1C#N)CCN(Cc1ccccc1)C2. The van der Waals surface area contributed by atoms with E-state index in [1.165, 1.54) is 33.5 Å². The second-order valence-electron chi connectivity index (χ2n) is 6.92. The zero-order valence-corrected chi connectivity index (χ0v) is 17.7. The molecular formula is C21H21N5OS2. The van der Waals surface area contributed by atoms with Crippen molar-refractivity contribution in [2.75, 3.05) is 17.6 Å². The van der Waals surface area contributed by atoms with Crippen molar-refractivity contribution in [1.82, 2.24) is 14.5 Å². The van der Waals surface area contributed by atoms with Crippen molar-refractivity contribution in [3.63, 3.8) is 0 Å². The molecule has 0 aliphatic carbocycles. The molecule has 0 fully saturated rings. The molecule has 0 radical (unpaired) electrons. The van der Waals surface area contributed by atoms with Crippen LogP contribution in [-0.4, -0.2) is 32.7 Å². The second-order valence-corrected chi connectivity index (χ2v) is 8.97. The highest BCUT2D eigenvalue weighted by molar-refractivity contribution is 7.99. The summed E-state index contributed by atoms with van der Waals surface area (Å²) >= 11 is 2.91. The number of thiophene rings is 1. The monoisotopic (exact) mass is 423 g/mol. The van der Waals surface area contributed by atoms with E-state index in [0.29, 0.717) is 10.6 Å². The molecule has 1 aromatic carbocycles. The molecule has 0 unspecified atom stereocenters. The van der Waals surface area contributed by atoms with Gasteiger partial charge in [0.2, 0.25) is 5.91 Å². The van der Waals surface area contributed by atoms with E-state index in [2.05, 4.69) is 45.5 Å². The van der Waals surface area contributed by atoms with E-state index >= 15 is 0 Å². The van der Waals surface area contributed by atoms with Gasteiger partial charge in [-0.05, 0) is 17.5 Å². The van der Waals surface area contributed by atoms with Gasteiger partial charge >= 0.3 is 0 Å². The summed E-state index contributed by atoms with van der Waals surface area (Å²) < 4.78 is 1.88. The molecule has 0 saturated carbocycles. The predicted molar refractivity (Wildman–Crippen MR) is 116 cm³/mol. The molecule has 1 amide bonds. The normalized spacial score (nSPS) is 13.7. The fraction of sp³-hybridized carbons (Fsp3) is 0.286. The zero-order valence-electron chi connectivity index (χ0n) is 16.1. The number of hydrogen-bond donors (Lipinski definition) is 1. The number of nitrogens with one attached hydrogen (secondary N) is 1. The third kappa shape index (κ3) is 4.53. The number of fused-ring (bicyclic) bond motifs is 1. The molecule has 0 saturated heterocycles. The first-order valence-electron chi connectivity index (χ1n) is 9.35. The van der Waals surface area contributed by atoms with E-state index < -0.39 is 0 Å². The Kier molecular flexibility index (Phi) is 6.00. The minimum absolute atomic E-state index is 0.116. The van der Waals surface area contributed by atoms with Gasteiger partial charge in [-0.2, -0.15) is 5.26 Å². The highest BCUT2D eigenvalue weighted by atomic mass is 32.2. The molecule has 2 aromatic heterocycles. The Labute approximate surface area is 178 Å². The number of nitriles is 1. The number of aryl methyl sites for hydroxylation is 1. The van der Waals surface area contributed by atoms with Gasteiger partial charge in [-0.15, -0.1) is 11.3 Å². The first-order chi connectivity index (χ1) is 14.1. The number of thioether (sulfide) groups is 1. The van der Waals surface area contributed by atoms with Crippen LogP contribution in [0.1, 0.15) is 21.6 Å². The number of benzene rings is 1. The summed E-state index contributed by atoms with van der Waals surface area (Å²) in [4.78, 5) is 20.2. The maximum absolute atomic E-state index is 12.4. The van der Waals surface area contributed by atoms with Crippen LogP contribution in [0.3, 0.4) is 0 Å². The summed E-state index contributed by atoms with van der Waals surface area (Å²) in [5.74, 6) is 0.146. The average Bonchev–Trinajstić information content (AvgIpc) is 3.29. The van der Waals surface area contributed by atoms with Crippen molar-refractivity contribution in [3.05, 3.63) is 64.3 Å². The van der Waals surface area contributed by atoms with E-state index in [9.17, 15) is 10.1 Å². The smallest absolute Gasteiger partial charge is 0.235 e. The lowest BCUT2D eigenvalue weighted by Crippen LogP contribution is -2.29. The lowest BCUT2D eigenvalue weighted by Gasteiger charge is -2.26. The second kappa shape index (κ2) is 8.82. The van der Waals surface area contributed by atoms with Crippen LogP contribution in [-0.2, 0) is 31.4 Å². The summed E-state index contributed by atoms with van der Waals surface area (Å²) in [6.07, 6.45) is 4.39. The van der Waals surface area contributed by atoms with Crippen LogP contribution in [0.25, 0.3) is 0 Å². The van der Waals surface area contributed by atoms with Gasteiger partial charge in [-0.3, -0.25) is 9.69 Å². The van der Waals surface area contributed by atoms with Crippen LogP contribution >= 0.6 is 23.1 Å². The standard InChI is InChI=1S/C21H21N5OS2/c1-25-10-8-23-21(25)28-14-19(27)24-20-17(11-22)16-7-9-26(13-18(16)29-20)12-15-5-3-2-4-6-15/h2-6,8,10H,7,9,12-14H2,1H3,(H,24,27). The van der Waals surface area contributed by atoms with Crippen LogP contribution in [0.4, 0.5) is 5.00 Å². The summed E-state index contributed by atoms with van der Waals surface area (Å²) in [7, 11) is 1.90. The minimum atomic E-state index is -0.116. The highest BCUT2D eigenvalue weighted by Gasteiger charge is 2.25. The number of carbonyl (C=O) groups excluding carboxylic acids is 1. The molecule has 0 spiro atoms. The molecular weight excluding hydrogens is 402 g/mol. The van der Waals surface area contributed by atoms with Crippen LogP contribution in [0.15, 0.2) is 47.9 Å². The topological polar surface area (TPSA) is 74.0 Å². The van der Waals surface area contributed by atoms with Gasteiger partial charge in [0, 0.05) is 44.0 Å². The molecule has 1 N–H and O–H groups in total. The molecule has 0 bridgehead atoms. The van der Waals surface area contributed by atoms with E-state index in [0.717, 1.165) is 36.8 Å². The van der Waals surface area contributed by atoms with Gasteiger partial charge in [-0.1, -0.05) is 42.1 Å². The molecule has 6 nitrogen and oxygen atoms in total. The maximum Gasteiger partial charge on any atom is 0.235 e. The van der Waals surface area contributed by atoms with E-state index in [1.54, 1.807) is 6.20 Å². The fourth-order valence-corrected chi connectivity index (χ4v) is 5.41. The summed E-state index contributed by atoms with van der Waals surface area (Å²) in [6, 6.07) is 12.7. The van der Waals surface area contributed by atoms with Crippen LogP contribution in [0, 0.1) is 11.3 Å². The molecule has 8 heteroatoms. The third-order valence-corrected chi connectivity index (χ3v) is 7.05. The van der Waals surface area contributed by atoms with Gasteiger partial charge in [0.1, 0.15) is 11.1 Å². The first-order valence-corrected chi connectivity index (χ1v) is 11.1. The van der Waals surface area contributed by atoms with Crippen molar-refractivity contribution < 1.29 is 4.79 Å². The Balaban J connectivity index is 1.42. The van der Waals surface area contributed by atoms with E-state index in [4.69, 9.17) is 0 Å². The van der Waals surface area contributed by atoms with Gasteiger partial charge in [0.05, 0.1) is 11.3 Å². The number of anilines is 1. The highest BCUT2D eigenvalue weighted by Crippen LogP contribution is 2.37. The van der Waals surface area contributed by atoms with Crippen molar-refractivity contribution >= 4 is 34.0 Å². The third-order valence-electron chi connectivity index (χ3n) is 4.86. The Morgan fingerprint density at radius 3 is 2.93 bits per heavy atom. The molecule has 0 atom stereocenters. The molecule has 4 rings (SSSR count). The largest absolute Gasteiger partial charge is 0.329 e. The zero-order chi connectivity index (χ0) is 20.2. The van der Waals surface area contributed by atoms with Gasteiger partial charge in [0.25, 0.3) is 0 Å². The summed E-state index contributed by atoms with van der Waals surface area (Å²) in [5, 5.41) is 14.1. The van der Waals surface area contributed by atoms with Gasteiger partial charge < -0.3 is 9.88 Å². The number of amides is 1. The van der Waals surface area contributed by atoms with Gasteiger partial charge in [0.15, 0.2) is 5.16 Å². The number of aromatic nitrogens is 2. The van der Waals surface area contributed by atoms with E-state index in [1.807, 2.05) is 23.9 Å². The Morgan fingerprint density at radius 2 is 2.21 bits per heavy atom. The number of carbonyl (C=O) groups is 1. The lowest BCUT2D eigenvalue weighted by atomic mass is 10.0. The summed E-state index contributed by atoms with van der Waals surface area (Å²) in [6.45, 7) is 2.61. The van der Waals surface area contributed by atoms with Crippen LogP contribution in [0.2, 0.25) is 0 Å². The average molecular weight is 424 g/mol. The Bertz CT molecular complexity index is 1050. The predicted octanol–water partition coefficient (Wildman–Crippen LogP) is 3.64. The lowest BCUT2D eigenvalue weighted by molar-refractivity contribution is -0.113. The molecule has 29 heavy (non-hydrogen) atoms. The van der Waals surface area contributed by atoms with Gasteiger partial charge in [-0.25, -0.2) is 4.98 Å².